The highest BCUT2D eigenvalue weighted by Crippen LogP contribution is 2.27. The molecule has 2 aromatic carbocycles. The minimum Gasteiger partial charge on any atom is -0.444 e. The molecule has 2 amide bonds. The zero-order valence-corrected chi connectivity index (χ0v) is 21.1. The number of nitriles is 1. The Morgan fingerprint density at radius 1 is 1.08 bits per heavy atom. The summed E-state index contributed by atoms with van der Waals surface area (Å²) in [5, 5.41) is 9.15. The third-order valence-corrected chi connectivity index (χ3v) is 5.54. The monoisotopic (exact) mass is 513 g/mol. The molecule has 36 heavy (non-hydrogen) atoms. The van der Waals surface area contributed by atoms with E-state index in [1.54, 1.807) is 20.8 Å². The van der Waals surface area contributed by atoms with E-state index in [1.807, 2.05) is 36.4 Å². The molecule has 0 aromatic heterocycles. The maximum absolute atomic E-state index is 13.1. The lowest BCUT2D eigenvalue weighted by Crippen LogP contribution is -2.58. The van der Waals surface area contributed by atoms with Gasteiger partial charge < -0.3 is 9.47 Å². The van der Waals surface area contributed by atoms with E-state index in [-0.39, 0.29) is 25.3 Å². The Labute approximate surface area is 215 Å². The number of carbonyl (C=O) groups is 3. The lowest BCUT2D eigenvalue weighted by atomic mass is 9.98. The summed E-state index contributed by atoms with van der Waals surface area (Å²) >= 11 is 5.82. The molecule has 0 saturated carbocycles. The normalized spacial score (nSPS) is 17.6. The van der Waals surface area contributed by atoms with E-state index in [0.717, 1.165) is 10.6 Å². The van der Waals surface area contributed by atoms with E-state index in [4.69, 9.17) is 31.2 Å². The molecule has 1 saturated heterocycles. The van der Waals surface area contributed by atoms with Gasteiger partial charge in [-0.15, -0.1) is 0 Å². The number of piperidine rings is 1. The minimum absolute atomic E-state index is 0.0463. The van der Waals surface area contributed by atoms with Crippen LogP contribution < -0.4 is 4.74 Å². The average Bonchev–Trinajstić information content (AvgIpc) is 2.84. The molecule has 1 aliphatic heterocycles. The van der Waals surface area contributed by atoms with Gasteiger partial charge in [-0.05, 0) is 75.0 Å². The molecule has 1 heterocycles. The lowest BCUT2D eigenvalue weighted by molar-refractivity contribution is -0.165. The summed E-state index contributed by atoms with van der Waals surface area (Å²) in [7, 11) is 0. The molecule has 10 heteroatoms. The largest absolute Gasteiger partial charge is 0.444 e. The zero-order valence-electron chi connectivity index (χ0n) is 20.3. The third kappa shape index (κ3) is 7.44. The van der Waals surface area contributed by atoms with E-state index >= 15 is 0 Å². The second-order valence-corrected chi connectivity index (χ2v) is 9.60. The van der Waals surface area contributed by atoms with Crippen LogP contribution in [0.25, 0.3) is 0 Å². The number of benzene rings is 2. The van der Waals surface area contributed by atoms with Crippen LogP contribution in [0.2, 0.25) is 0 Å². The number of amides is 2. The van der Waals surface area contributed by atoms with Gasteiger partial charge in [0.15, 0.2) is 0 Å². The van der Waals surface area contributed by atoms with Gasteiger partial charge in [0, 0.05) is 6.54 Å². The fourth-order valence-electron chi connectivity index (χ4n) is 3.71. The Kier molecular flexibility index (Phi) is 8.91. The first-order valence-corrected chi connectivity index (χ1v) is 11.8. The van der Waals surface area contributed by atoms with Gasteiger partial charge in [-0.3, -0.25) is 14.5 Å². The lowest BCUT2D eigenvalue weighted by Gasteiger charge is -2.41. The van der Waals surface area contributed by atoms with Gasteiger partial charge in [0.05, 0.1) is 17.7 Å². The fraction of sp³-hybridized carbons (Fsp3) is 0.385. The van der Waals surface area contributed by atoms with E-state index < -0.39 is 35.1 Å². The number of halogens is 1. The Hall–Kier alpha value is -3.61. The molecule has 0 radical (unpaired) electrons. The Morgan fingerprint density at radius 3 is 2.33 bits per heavy atom. The number of hydrogen-bond donors (Lipinski definition) is 0. The first kappa shape index (κ1) is 27.0. The summed E-state index contributed by atoms with van der Waals surface area (Å²) < 4.78 is 11.0. The number of hydrogen-bond acceptors (Lipinski definition) is 7. The van der Waals surface area contributed by atoms with Crippen LogP contribution in [0, 0.1) is 11.3 Å². The summed E-state index contributed by atoms with van der Waals surface area (Å²) in [6.45, 7) is 5.21. The molecular formula is C26H28ClN3O6. The SMILES string of the molecule is CC(C)(C)OC(=O)N1C[C@H](N(OCc2ccccc2)C(=O)Cl)CC[C@H]1C(=O)Oc1ccc(C#N)cc1. The first-order valence-electron chi connectivity index (χ1n) is 11.4. The number of carbonyl (C=O) groups excluding carboxylic acids is 3. The van der Waals surface area contributed by atoms with Crippen molar-refractivity contribution in [1.82, 2.24) is 9.96 Å². The van der Waals surface area contributed by atoms with Crippen molar-refractivity contribution < 1.29 is 28.7 Å². The van der Waals surface area contributed by atoms with Crippen LogP contribution in [0.1, 0.15) is 44.7 Å². The molecule has 1 fully saturated rings. The highest BCUT2D eigenvalue weighted by Gasteiger charge is 2.42. The van der Waals surface area contributed by atoms with Crippen molar-refractivity contribution in [2.45, 2.75) is 57.9 Å². The van der Waals surface area contributed by atoms with Gasteiger partial charge in [0.2, 0.25) is 0 Å². The Balaban J connectivity index is 1.77. The Bertz CT molecular complexity index is 1110. The molecule has 190 valence electrons. The number of hydroxylamine groups is 2. The molecule has 0 unspecified atom stereocenters. The maximum Gasteiger partial charge on any atom is 0.411 e. The van der Waals surface area contributed by atoms with Crippen LogP contribution in [0.4, 0.5) is 9.59 Å². The van der Waals surface area contributed by atoms with E-state index in [9.17, 15) is 14.4 Å². The van der Waals surface area contributed by atoms with Crippen molar-refractivity contribution in [3.63, 3.8) is 0 Å². The maximum atomic E-state index is 13.1. The number of likely N-dealkylation sites (tertiary alicyclic amines) is 1. The highest BCUT2D eigenvalue weighted by molar-refractivity contribution is 6.62. The molecule has 3 rings (SSSR count). The summed E-state index contributed by atoms with van der Waals surface area (Å²) in [5.74, 6) is -0.410. The van der Waals surface area contributed by atoms with E-state index in [0.29, 0.717) is 12.0 Å². The van der Waals surface area contributed by atoms with Crippen LogP contribution >= 0.6 is 11.6 Å². The van der Waals surface area contributed by atoms with Gasteiger partial charge in [0.1, 0.15) is 24.0 Å². The van der Waals surface area contributed by atoms with Crippen molar-refractivity contribution in [1.29, 1.82) is 5.26 Å². The van der Waals surface area contributed by atoms with Crippen molar-refractivity contribution >= 4 is 29.0 Å². The molecule has 0 N–H and O–H groups in total. The van der Waals surface area contributed by atoms with Crippen molar-refractivity contribution in [2.75, 3.05) is 6.54 Å². The average molecular weight is 514 g/mol. The van der Waals surface area contributed by atoms with Gasteiger partial charge in [-0.25, -0.2) is 14.7 Å². The van der Waals surface area contributed by atoms with Crippen molar-refractivity contribution in [2.24, 2.45) is 0 Å². The van der Waals surface area contributed by atoms with Crippen LogP contribution in [-0.4, -0.2) is 51.6 Å². The molecule has 2 atom stereocenters. The van der Waals surface area contributed by atoms with Crippen LogP contribution in [-0.2, 0) is 21.0 Å². The summed E-state index contributed by atoms with van der Waals surface area (Å²) in [4.78, 5) is 45.3. The molecule has 0 spiro atoms. The van der Waals surface area contributed by atoms with Crippen molar-refractivity contribution in [3.8, 4) is 11.8 Å². The second-order valence-electron chi connectivity index (χ2n) is 9.27. The van der Waals surface area contributed by atoms with Crippen molar-refractivity contribution in [3.05, 3.63) is 65.7 Å². The molecule has 0 aliphatic carbocycles. The van der Waals surface area contributed by atoms with E-state index in [2.05, 4.69) is 0 Å². The van der Waals surface area contributed by atoms with Gasteiger partial charge in [-0.1, -0.05) is 30.3 Å². The van der Waals surface area contributed by atoms with Crippen LogP contribution in [0.3, 0.4) is 0 Å². The number of esters is 1. The number of nitrogens with zero attached hydrogens (tertiary/aromatic N) is 3. The quantitative estimate of drug-likeness (QED) is 0.175. The standard InChI is InChI=1S/C26H28ClN3O6/c1-26(2,3)36-25(33)29-16-20(30(24(27)32)34-17-19-7-5-4-6-8-19)11-14-22(29)23(31)35-21-12-9-18(15-28)10-13-21/h4-10,12-13,20,22H,11,14,16-17H2,1-3H3/t20-,22+/m1/s1. The minimum atomic E-state index is -0.951. The third-order valence-electron chi connectivity index (χ3n) is 5.38. The summed E-state index contributed by atoms with van der Waals surface area (Å²) in [5.41, 5.74) is 0.452. The summed E-state index contributed by atoms with van der Waals surface area (Å²) in [6.07, 6.45) is -0.201. The van der Waals surface area contributed by atoms with Gasteiger partial charge >= 0.3 is 17.4 Å². The highest BCUT2D eigenvalue weighted by atomic mass is 35.5. The predicted molar refractivity (Wildman–Crippen MR) is 131 cm³/mol. The molecule has 1 aliphatic rings. The zero-order chi connectivity index (χ0) is 26.3. The van der Waals surface area contributed by atoms with Gasteiger partial charge in [-0.2, -0.15) is 5.26 Å². The number of ether oxygens (including phenoxy) is 2. The van der Waals surface area contributed by atoms with Crippen LogP contribution in [0.15, 0.2) is 54.6 Å². The predicted octanol–water partition coefficient (Wildman–Crippen LogP) is 5.02. The van der Waals surface area contributed by atoms with Crippen LogP contribution in [0.5, 0.6) is 5.75 Å². The summed E-state index contributed by atoms with van der Waals surface area (Å²) in [6, 6.07) is 15.8. The molecule has 9 nitrogen and oxygen atoms in total. The van der Waals surface area contributed by atoms with E-state index in [1.165, 1.54) is 29.2 Å². The smallest absolute Gasteiger partial charge is 0.411 e. The topological polar surface area (TPSA) is 109 Å². The molecule has 0 bridgehead atoms. The fourth-order valence-corrected chi connectivity index (χ4v) is 3.90. The molecule has 2 aromatic rings. The second kappa shape index (κ2) is 11.9. The Morgan fingerprint density at radius 2 is 1.75 bits per heavy atom. The molecular weight excluding hydrogens is 486 g/mol. The first-order chi connectivity index (χ1) is 17.1. The number of rotatable bonds is 6. The van der Waals surface area contributed by atoms with Gasteiger partial charge in [0.25, 0.3) is 0 Å².